The zero-order valence-corrected chi connectivity index (χ0v) is 6.06. The highest BCUT2D eigenvalue weighted by Crippen LogP contribution is 2.07. The van der Waals surface area contributed by atoms with Crippen molar-refractivity contribution < 1.29 is 9.94 Å². The minimum atomic E-state index is 0.641. The second kappa shape index (κ2) is 3.55. The highest BCUT2D eigenvalue weighted by atomic mass is 16.5. The van der Waals surface area contributed by atoms with Crippen molar-refractivity contribution in [2.45, 2.75) is 0 Å². The lowest BCUT2D eigenvalue weighted by Crippen LogP contribution is -1.87. The van der Waals surface area contributed by atoms with Crippen molar-refractivity contribution >= 4 is 6.21 Å². The molecule has 0 unspecified atom stereocenters. The third-order valence-corrected chi connectivity index (χ3v) is 1.18. The molecule has 4 nitrogen and oxygen atoms in total. The predicted octanol–water partition coefficient (Wildman–Crippen LogP) is 0.898. The van der Waals surface area contributed by atoms with Gasteiger partial charge >= 0.3 is 0 Å². The quantitative estimate of drug-likeness (QED) is 0.389. The van der Waals surface area contributed by atoms with Crippen LogP contribution in [0.15, 0.2) is 23.6 Å². The molecule has 1 N–H and O–H groups in total. The van der Waals surface area contributed by atoms with Crippen LogP contribution >= 0.6 is 0 Å². The maximum atomic E-state index is 8.18. The standard InChI is InChI=1S/C7H8N2O2/c1-11-7-2-6(4-9-10)3-8-5-7/h2-5,10H,1H3/b9-4+. The van der Waals surface area contributed by atoms with Crippen LogP contribution < -0.4 is 4.74 Å². The summed E-state index contributed by atoms with van der Waals surface area (Å²) in [6.07, 6.45) is 4.44. The summed E-state index contributed by atoms with van der Waals surface area (Å²) in [6.45, 7) is 0. The van der Waals surface area contributed by atoms with Gasteiger partial charge in [-0.3, -0.25) is 4.98 Å². The van der Waals surface area contributed by atoms with E-state index in [1.165, 1.54) is 6.21 Å². The molecule has 0 spiro atoms. The lowest BCUT2D eigenvalue weighted by molar-refractivity contribution is 0.322. The van der Waals surface area contributed by atoms with E-state index in [2.05, 4.69) is 10.1 Å². The summed E-state index contributed by atoms with van der Waals surface area (Å²) >= 11 is 0. The van der Waals surface area contributed by atoms with Gasteiger partial charge < -0.3 is 9.94 Å². The van der Waals surface area contributed by atoms with E-state index in [0.29, 0.717) is 11.3 Å². The van der Waals surface area contributed by atoms with Crippen LogP contribution in [-0.4, -0.2) is 23.5 Å². The van der Waals surface area contributed by atoms with Crippen LogP contribution in [0.2, 0.25) is 0 Å². The van der Waals surface area contributed by atoms with Gasteiger partial charge in [0.2, 0.25) is 0 Å². The minimum Gasteiger partial charge on any atom is -0.495 e. The Morgan fingerprint density at radius 3 is 3.09 bits per heavy atom. The number of hydrogen-bond acceptors (Lipinski definition) is 4. The van der Waals surface area contributed by atoms with Crippen molar-refractivity contribution in [3.05, 3.63) is 24.0 Å². The van der Waals surface area contributed by atoms with Gasteiger partial charge in [0.1, 0.15) is 5.75 Å². The smallest absolute Gasteiger partial charge is 0.137 e. The summed E-state index contributed by atoms with van der Waals surface area (Å²) in [6, 6.07) is 1.72. The molecule has 0 aromatic carbocycles. The number of oxime groups is 1. The second-order valence-corrected chi connectivity index (χ2v) is 1.90. The Hall–Kier alpha value is -1.58. The average Bonchev–Trinajstić information content (AvgIpc) is 2.06. The molecule has 0 bridgehead atoms. The van der Waals surface area contributed by atoms with Gasteiger partial charge in [-0.15, -0.1) is 0 Å². The molecule has 0 aliphatic heterocycles. The summed E-state index contributed by atoms with van der Waals surface area (Å²) in [5.41, 5.74) is 0.701. The number of hydrogen-bond donors (Lipinski definition) is 1. The molecule has 0 saturated carbocycles. The number of nitrogens with zero attached hydrogens (tertiary/aromatic N) is 2. The van der Waals surface area contributed by atoms with Crippen LogP contribution in [0.3, 0.4) is 0 Å². The zero-order valence-electron chi connectivity index (χ0n) is 6.06. The summed E-state index contributed by atoms with van der Waals surface area (Å²) in [4.78, 5) is 3.85. The Balaban J connectivity index is 2.91. The monoisotopic (exact) mass is 152 g/mol. The topological polar surface area (TPSA) is 54.7 Å². The largest absolute Gasteiger partial charge is 0.495 e. The summed E-state index contributed by atoms with van der Waals surface area (Å²) in [5.74, 6) is 0.641. The van der Waals surface area contributed by atoms with E-state index in [1.54, 1.807) is 25.6 Å². The maximum Gasteiger partial charge on any atom is 0.137 e. The van der Waals surface area contributed by atoms with Crippen LogP contribution in [-0.2, 0) is 0 Å². The minimum absolute atomic E-state index is 0.641. The van der Waals surface area contributed by atoms with Crippen molar-refractivity contribution in [3.8, 4) is 5.75 Å². The third kappa shape index (κ3) is 1.93. The highest BCUT2D eigenvalue weighted by Gasteiger charge is 1.91. The molecule has 0 atom stereocenters. The van der Waals surface area contributed by atoms with E-state index >= 15 is 0 Å². The van der Waals surface area contributed by atoms with Gasteiger partial charge in [0.25, 0.3) is 0 Å². The Morgan fingerprint density at radius 1 is 1.64 bits per heavy atom. The lowest BCUT2D eigenvalue weighted by atomic mass is 10.3. The number of rotatable bonds is 2. The third-order valence-electron chi connectivity index (χ3n) is 1.18. The molecule has 1 heterocycles. The molecule has 4 heteroatoms. The van der Waals surface area contributed by atoms with Crippen molar-refractivity contribution in [3.63, 3.8) is 0 Å². The van der Waals surface area contributed by atoms with Crippen LogP contribution in [0.1, 0.15) is 5.56 Å². The molecule has 11 heavy (non-hydrogen) atoms. The fraction of sp³-hybridized carbons (Fsp3) is 0.143. The fourth-order valence-electron chi connectivity index (χ4n) is 0.684. The SMILES string of the molecule is COc1cncc(/C=N/O)c1. The van der Waals surface area contributed by atoms with Gasteiger partial charge in [-0.1, -0.05) is 5.16 Å². The first-order chi connectivity index (χ1) is 5.36. The Bertz CT molecular complexity index is 260. The first kappa shape index (κ1) is 7.53. The van der Waals surface area contributed by atoms with Crippen molar-refractivity contribution in [1.29, 1.82) is 0 Å². The van der Waals surface area contributed by atoms with Crippen LogP contribution in [0, 0.1) is 0 Å². The molecule has 0 radical (unpaired) electrons. The van der Waals surface area contributed by atoms with Crippen molar-refractivity contribution in [2.75, 3.05) is 7.11 Å². The van der Waals surface area contributed by atoms with Gasteiger partial charge in [-0.25, -0.2) is 0 Å². The van der Waals surface area contributed by atoms with Crippen molar-refractivity contribution in [2.24, 2.45) is 5.16 Å². The summed E-state index contributed by atoms with van der Waals surface area (Å²) in [7, 11) is 1.55. The second-order valence-electron chi connectivity index (χ2n) is 1.90. The molecule has 0 fully saturated rings. The van der Waals surface area contributed by atoms with Crippen LogP contribution in [0.5, 0.6) is 5.75 Å². The number of ether oxygens (including phenoxy) is 1. The molecule has 0 amide bonds. The molecule has 0 aliphatic carbocycles. The van der Waals surface area contributed by atoms with E-state index in [-0.39, 0.29) is 0 Å². The van der Waals surface area contributed by atoms with E-state index in [1.807, 2.05) is 0 Å². The van der Waals surface area contributed by atoms with Crippen LogP contribution in [0.4, 0.5) is 0 Å². The molecular formula is C7H8N2O2. The molecule has 58 valence electrons. The number of pyridine rings is 1. The lowest BCUT2D eigenvalue weighted by Gasteiger charge is -1.97. The molecule has 0 aliphatic rings. The van der Waals surface area contributed by atoms with Gasteiger partial charge in [0.15, 0.2) is 0 Å². The molecular weight excluding hydrogens is 144 g/mol. The first-order valence-electron chi connectivity index (χ1n) is 3.03. The van der Waals surface area contributed by atoms with Crippen LogP contribution in [0.25, 0.3) is 0 Å². The summed E-state index contributed by atoms with van der Waals surface area (Å²) < 4.78 is 4.90. The average molecular weight is 152 g/mol. The first-order valence-corrected chi connectivity index (χ1v) is 3.03. The van der Waals surface area contributed by atoms with Gasteiger partial charge in [0, 0.05) is 11.8 Å². The Labute approximate surface area is 64.1 Å². The van der Waals surface area contributed by atoms with Gasteiger partial charge in [-0.05, 0) is 6.07 Å². The van der Waals surface area contributed by atoms with E-state index < -0.39 is 0 Å². The zero-order chi connectivity index (χ0) is 8.10. The Kier molecular flexibility index (Phi) is 2.43. The van der Waals surface area contributed by atoms with E-state index in [9.17, 15) is 0 Å². The van der Waals surface area contributed by atoms with E-state index in [0.717, 1.165) is 0 Å². The van der Waals surface area contributed by atoms with Crippen molar-refractivity contribution in [1.82, 2.24) is 4.98 Å². The predicted molar refractivity (Wildman–Crippen MR) is 40.2 cm³/mol. The number of methoxy groups -OCH3 is 1. The number of aromatic nitrogens is 1. The maximum absolute atomic E-state index is 8.18. The Morgan fingerprint density at radius 2 is 2.45 bits per heavy atom. The van der Waals surface area contributed by atoms with Gasteiger partial charge in [0.05, 0.1) is 19.5 Å². The summed E-state index contributed by atoms with van der Waals surface area (Å²) in [5, 5.41) is 11.0. The molecule has 1 aromatic rings. The highest BCUT2D eigenvalue weighted by molar-refractivity contribution is 5.78. The fourth-order valence-corrected chi connectivity index (χ4v) is 0.684. The normalized spacial score (nSPS) is 10.3. The van der Waals surface area contributed by atoms with E-state index in [4.69, 9.17) is 9.94 Å². The van der Waals surface area contributed by atoms with Gasteiger partial charge in [-0.2, -0.15) is 0 Å². The molecule has 1 aromatic heterocycles. The molecule has 1 rings (SSSR count). The molecule has 0 saturated heterocycles.